The normalized spacial score (nSPS) is 13.8. The first-order valence-corrected chi connectivity index (χ1v) is 8.85. The van der Waals surface area contributed by atoms with Crippen molar-refractivity contribution in [1.82, 2.24) is 4.90 Å². The largest absolute Gasteiger partial charge is 0.497 e. The number of carbonyl (C=O) groups is 2. The molecule has 0 unspecified atom stereocenters. The molecule has 0 bridgehead atoms. The van der Waals surface area contributed by atoms with E-state index in [2.05, 4.69) is 0 Å². The Morgan fingerprint density at radius 1 is 1.27 bits per heavy atom. The van der Waals surface area contributed by atoms with E-state index in [0.29, 0.717) is 35.8 Å². The van der Waals surface area contributed by atoms with Gasteiger partial charge in [0, 0.05) is 31.6 Å². The first-order valence-electron chi connectivity index (χ1n) is 8.48. The molecular formula is C20H21ClN2O3. The van der Waals surface area contributed by atoms with E-state index in [1.54, 1.807) is 42.2 Å². The lowest BCUT2D eigenvalue weighted by Crippen LogP contribution is -2.30. The van der Waals surface area contributed by atoms with Gasteiger partial charge in [-0.05, 0) is 42.3 Å². The maximum atomic E-state index is 13.0. The topological polar surface area (TPSA) is 49.9 Å². The number of anilines is 1. The van der Waals surface area contributed by atoms with E-state index in [4.69, 9.17) is 16.3 Å². The van der Waals surface area contributed by atoms with Crippen molar-refractivity contribution in [3.63, 3.8) is 0 Å². The van der Waals surface area contributed by atoms with Crippen LogP contribution in [0.25, 0.3) is 0 Å². The lowest BCUT2D eigenvalue weighted by atomic mass is 10.1. The Morgan fingerprint density at radius 3 is 2.77 bits per heavy atom. The zero-order valence-corrected chi connectivity index (χ0v) is 15.6. The van der Waals surface area contributed by atoms with Crippen LogP contribution < -0.4 is 9.64 Å². The molecule has 1 aliphatic heterocycles. The summed E-state index contributed by atoms with van der Waals surface area (Å²) in [7, 11) is 3.35. The Morgan fingerprint density at radius 2 is 2.08 bits per heavy atom. The number of benzene rings is 2. The average Bonchev–Trinajstić information content (AvgIpc) is 3.07. The molecule has 5 nitrogen and oxygen atoms in total. The number of rotatable bonds is 5. The minimum absolute atomic E-state index is 0.0248. The summed E-state index contributed by atoms with van der Waals surface area (Å²) in [5.74, 6) is 0.620. The van der Waals surface area contributed by atoms with Crippen LogP contribution in [0.3, 0.4) is 0 Å². The first kappa shape index (κ1) is 18.3. The molecule has 1 heterocycles. The van der Waals surface area contributed by atoms with Crippen molar-refractivity contribution in [2.75, 3.05) is 25.6 Å². The second-order valence-corrected chi connectivity index (χ2v) is 6.76. The summed E-state index contributed by atoms with van der Waals surface area (Å²) >= 11 is 6.11. The minimum Gasteiger partial charge on any atom is -0.497 e. The molecule has 26 heavy (non-hydrogen) atoms. The molecule has 1 saturated heterocycles. The van der Waals surface area contributed by atoms with E-state index in [-0.39, 0.29) is 11.8 Å². The van der Waals surface area contributed by atoms with Crippen LogP contribution in [0, 0.1) is 0 Å². The fraction of sp³-hybridized carbons (Fsp3) is 0.300. The van der Waals surface area contributed by atoms with Gasteiger partial charge in [-0.25, -0.2) is 0 Å². The number of hydrogen-bond donors (Lipinski definition) is 0. The third kappa shape index (κ3) is 3.83. The number of carbonyl (C=O) groups excluding carboxylic acids is 2. The summed E-state index contributed by atoms with van der Waals surface area (Å²) in [4.78, 5) is 28.4. The molecule has 2 aromatic rings. The maximum absolute atomic E-state index is 13.0. The van der Waals surface area contributed by atoms with Gasteiger partial charge in [0.2, 0.25) is 5.91 Å². The van der Waals surface area contributed by atoms with Crippen molar-refractivity contribution >= 4 is 29.1 Å². The number of amides is 2. The summed E-state index contributed by atoms with van der Waals surface area (Å²) in [5, 5.41) is 0.506. The molecule has 0 saturated carbocycles. The summed E-state index contributed by atoms with van der Waals surface area (Å²) in [6.45, 7) is 1.05. The van der Waals surface area contributed by atoms with Crippen LogP contribution in [0.2, 0.25) is 5.02 Å². The van der Waals surface area contributed by atoms with E-state index in [1.807, 2.05) is 24.3 Å². The molecule has 2 amide bonds. The Hall–Kier alpha value is -2.53. The average molecular weight is 373 g/mol. The standard InChI is InChI=1S/C20H21ClN2O3/c1-22(13-14-5-3-6-16(11-14)26-2)20(25)17-9-8-15(21)12-18(17)23-10-4-7-19(23)24/h3,5-6,8-9,11-12H,4,7,10,13H2,1-2H3. The van der Waals surface area contributed by atoms with Crippen molar-refractivity contribution in [2.45, 2.75) is 19.4 Å². The first-order chi connectivity index (χ1) is 12.5. The van der Waals surface area contributed by atoms with Crippen molar-refractivity contribution in [1.29, 1.82) is 0 Å². The van der Waals surface area contributed by atoms with E-state index in [9.17, 15) is 9.59 Å². The molecule has 0 aliphatic carbocycles. The lowest BCUT2D eigenvalue weighted by molar-refractivity contribution is -0.117. The van der Waals surface area contributed by atoms with Crippen LogP contribution in [0.5, 0.6) is 5.75 Å². The van der Waals surface area contributed by atoms with Gasteiger partial charge in [0.25, 0.3) is 5.91 Å². The highest BCUT2D eigenvalue weighted by Crippen LogP contribution is 2.29. The quantitative estimate of drug-likeness (QED) is 0.803. The smallest absolute Gasteiger partial charge is 0.256 e. The molecule has 0 N–H and O–H groups in total. The highest BCUT2D eigenvalue weighted by molar-refractivity contribution is 6.31. The van der Waals surface area contributed by atoms with Gasteiger partial charge < -0.3 is 14.5 Å². The van der Waals surface area contributed by atoms with Gasteiger partial charge in [0.05, 0.1) is 18.4 Å². The lowest BCUT2D eigenvalue weighted by Gasteiger charge is -2.23. The van der Waals surface area contributed by atoms with E-state index in [1.165, 1.54) is 0 Å². The van der Waals surface area contributed by atoms with Gasteiger partial charge in [-0.15, -0.1) is 0 Å². The van der Waals surface area contributed by atoms with Gasteiger partial charge in [0.1, 0.15) is 5.75 Å². The van der Waals surface area contributed by atoms with Gasteiger partial charge in [-0.3, -0.25) is 9.59 Å². The molecule has 6 heteroatoms. The predicted molar refractivity (Wildman–Crippen MR) is 102 cm³/mol. The van der Waals surface area contributed by atoms with Gasteiger partial charge in [-0.2, -0.15) is 0 Å². The summed E-state index contributed by atoms with van der Waals surface area (Å²) < 4.78 is 5.23. The van der Waals surface area contributed by atoms with E-state index in [0.717, 1.165) is 17.7 Å². The predicted octanol–water partition coefficient (Wildman–Crippen LogP) is 3.75. The second kappa shape index (κ2) is 7.79. The van der Waals surface area contributed by atoms with E-state index < -0.39 is 0 Å². The van der Waals surface area contributed by atoms with Gasteiger partial charge in [-0.1, -0.05) is 23.7 Å². The fourth-order valence-electron chi connectivity index (χ4n) is 3.13. The third-order valence-corrected chi connectivity index (χ3v) is 4.69. The summed E-state index contributed by atoms with van der Waals surface area (Å²) in [5.41, 5.74) is 2.03. The number of ether oxygens (including phenoxy) is 1. The van der Waals surface area contributed by atoms with Gasteiger partial charge >= 0.3 is 0 Å². The molecule has 136 valence electrons. The molecule has 2 aromatic carbocycles. The maximum Gasteiger partial charge on any atom is 0.256 e. The van der Waals surface area contributed by atoms with Crippen LogP contribution in [0.1, 0.15) is 28.8 Å². The van der Waals surface area contributed by atoms with E-state index >= 15 is 0 Å². The molecule has 1 aliphatic rings. The van der Waals surface area contributed by atoms with Crippen molar-refractivity contribution < 1.29 is 14.3 Å². The highest BCUT2D eigenvalue weighted by Gasteiger charge is 2.27. The third-order valence-electron chi connectivity index (χ3n) is 4.45. The molecule has 1 fully saturated rings. The van der Waals surface area contributed by atoms with Crippen molar-refractivity contribution in [3.8, 4) is 5.75 Å². The molecule has 0 aromatic heterocycles. The Balaban J connectivity index is 1.85. The Bertz CT molecular complexity index is 838. The number of nitrogens with zero attached hydrogens (tertiary/aromatic N) is 2. The van der Waals surface area contributed by atoms with Crippen LogP contribution in [0.15, 0.2) is 42.5 Å². The second-order valence-electron chi connectivity index (χ2n) is 6.32. The molecule has 3 rings (SSSR count). The fourth-order valence-corrected chi connectivity index (χ4v) is 3.30. The van der Waals surface area contributed by atoms with Crippen molar-refractivity contribution in [3.05, 3.63) is 58.6 Å². The molecule has 0 atom stereocenters. The Labute approximate surface area is 158 Å². The van der Waals surface area contributed by atoms with Crippen molar-refractivity contribution in [2.24, 2.45) is 0 Å². The van der Waals surface area contributed by atoms with Crippen LogP contribution in [-0.2, 0) is 11.3 Å². The minimum atomic E-state index is -0.154. The van der Waals surface area contributed by atoms with Gasteiger partial charge in [0.15, 0.2) is 0 Å². The highest BCUT2D eigenvalue weighted by atomic mass is 35.5. The number of methoxy groups -OCH3 is 1. The molecule has 0 spiro atoms. The number of hydrogen-bond acceptors (Lipinski definition) is 3. The number of halogens is 1. The summed E-state index contributed by atoms with van der Waals surface area (Å²) in [6, 6.07) is 12.7. The molecule has 0 radical (unpaired) electrons. The SMILES string of the molecule is COc1cccc(CN(C)C(=O)c2ccc(Cl)cc2N2CCCC2=O)c1. The Kier molecular flexibility index (Phi) is 5.47. The summed E-state index contributed by atoms with van der Waals surface area (Å²) in [6.07, 6.45) is 1.29. The van der Waals surface area contributed by atoms with Crippen LogP contribution >= 0.6 is 11.6 Å². The monoisotopic (exact) mass is 372 g/mol. The molecular weight excluding hydrogens is 352 g/mol. The van der Waals surface area contributed by atoms with Crippen LogP contribution in [0.4, 0.5) is 5.69 Å². The zero-order valence-electron chi connectivity index (χ0n) is 14.9. The van der Waals surface area contributed by atoms with Crippen LogP contribution in [-0.4, -0.2) is 37.4 Å². The zero-order chi connectivity index (χ0) is 18.7.